The van der Waals surface area contributed by atoms with Crippen LogP contribution in [-0.2, 0) is 0 Å². The fourth-order valence-corrected chi connectivity index (χ4v) is 2.64. The van der Waals surface area contributed by atoms with E-state index in [1.807, 2.05) is 13.2 Å². The van der Waals surface area contributed by atoms with Crippen molar-refractivity contribution in [2.75, 3.05) is 41.9 Å². The molecule has 1 aromatic heterocycles. The second-order valence-electron chi connectivity index (χ2n) is 3.60. The molecule has 1 N–H and O–H groups in total. The summed E-state index contributed by atoms with van der Waals surface area (Å²) >= 11 is 2.05. The molecule has 1 saturated heterocycles. The van der Waals surface area contributed by atoms with E-state index in [-0.39, 0.29) is 0 Å². The van der Waals surface area contributed by atoms with Crippen LogP contribution in [-0.4, -0.2) is 36.6 Å². The van der Waals surface area contributed by atoms with Crippen LogP contribution in [0.5, 0.6) is 0 Å². The molecule has 1 aliphatic rings. The minimum atomic E-state index is 0.949. The normalized spacial score (nSPS) is 17.3. The van der Waals surface area contributed by atoms with E-state index in [1.54, 1.807) is 0 Å². The fraction of sp³-hybridized carbons (Fsp3) is 0.545. The van der Waals surface area contributed by atoms with Gasteiger partial charge in [0, 0.05) is 43.8 Å². The monoisotopic (exact) mass is 223 g/mol. The number of nitrogens with one attached hydrogen (secondary N) is 1. The Labute approximate surface area is 95.3 Å². The minimum absolute atomic E-state index is 0.949. The Bertz CT molecular complexity index is 308. The van der Waals surface area contributed by atoms with Crippen LogP contribution < -0.4 is 10.2 Å². The Morgan fingerprint density at radius 3 is 3.20 bits per heavy atom. The van der Waals surface area contributed by atoms with Crippen LogP contribution in [0, 0.1) is 0 Å². The molecule has 0 amide bonds. The van der Waals surface area contributed by atoms with Gasteiger partial charge in [0.1, 0.15) is 5.82 Å². The molecule has 0 bridgehead atoms. The van der Waals surface area contributed by atoms with E-state index < -0.39 is 0 Å². The molecule has 1 fully saturated rings. The summed E-state index contributed by atoms with van der Waals surface area (Å²) < 4.78 is 0. The van der Waals surface area contributed by atoms with Gasteiger partial charge in [0.2, 0.25) is 0 Å². The molecular formula is C11H17N3S. The van der Waals surface area contributed by atoms with Crippen molar-refractivity contribution >= 4 is 23.3 Å². The van der Waals surface area contributed by atoms with Crippen LogP contribution in [0.15, 0.2) is 18.3 Å². The van der Waals surface area contributed by atoms with Crippen LogP contribution in [0.2, 0.25) is 0 Å². The summed E-state index contributed by atoms with van der Waals surface area (Å²) in [5, 5.41) is 3.08. The van der Waals surface area contributed by atoms with Gasteiger partial charge in [-0.05, 0) is 18.2 Å². The highest BCUT2D eigenvalue weighted by Gasteiger charge is 2.10. The highest BCUT2D eigenvalue weighted by molar-refractivity contribution is 7.99. The quantitative estimate of drug-likeness (QED) is 0.831. The van der Waals surface area contributed by atoms with Crippen molar-refractivity contribution in [3.05, 3.63) is 18.3 Å². The van der Waals surface area contributed by atoms with Gasteiger partial charge in [0.05, 0.1) is 0 Å². The van der Waals surface area contributed by atoms with Gasteiger partial charge in [0.25, 0.3) is 0 Å². The van der Waals surface area contributed by atoms with Gasteiger partial charge in [-0.1, -0.05) is 0 Å². The third-order valence-corrected chi connectivity index (χ3v) is 3.64. The third-order valence-electron chi connectivity index (χ3n) is 2.59. The maximum atomic E-state index is 4.23. The van der Waals surface area contributed by atoms with E-state index in [9.17, 15) is 0 Å². The zero-order chi connectivity index (χ0) is 10.5. The molecule has 0 radical (unpaired) electrons. The van der Waals surface area contributed by atoms with Crippen LogP contribution in [0.25, 0.3) is 0 Å². The molecule has 0 aromatic carbocycles. The van der Waals surface area contributed by atoms with Gasteiger partial charge >= 0.3 is 0 Å². The molecule has 0 unspecified atom stereocenters. The lowest BCUT2D eigenvalue weighted by molar-refractivity contribution is 0.815. The molecule has 3 nitrogen and oxygen atoms in total. The summed E-state index contributed by atoms with van der Waals surface area (Å²) in [6.07, 6.45) is 3.15. The molecule has 0 aliphatic carbocycles. The molecule has 1 aromatic rings. The van der Waals surface area contributed by atoms with Crippen molar-refractivity contribution in [2.24, 2.45) is 0 Å². The van der Waals surface area contributed by atoms with E-state index in [0.29, 0.717) is 0 Å². The summed E-state index contributed by atoms with van der Waals surface area (Å²) in [6, 6.07) is 4.22. The van der Waals surface area contributed by atoms with Crippen molar-refractivity contribution in [2.45, 2.75) is 6.42 Å². The van der Waals surface area contributed by atoms with Crippen molar-refractivity contribution in [3.63, 3.8) is 0 Å². The zero-order valence-corrected chi connectivity index (χ0v) is 9.89. The summed E-state index contributed by atoms with van der Waals surface area (Å²) in [5.74, 6) is 3.47. The fourth-order valence-electron chi connectivity index (χ4n) is 1.76. The average Bonchev–Trinajstić information content (AvgIpc) is 2.58. The zero-order valence-electron chi connectivity index (χ0n) is 9.07. The lowest BCUT2D eigenvalue weighted by Crippen LogP contribution is -2.25. The van der Waals surface area contributed by atoms with Crippen LogP contribution >= 0.6 is 11.8 Å². The predicted octanol–water partition coefficient (Wildman–Crippen LogP) is 2.07. The third kappa shape index (κ3) is 2.78. The SMILES string of the molecule is CNc1cc(N2CCCSCC2)ccn1. The van der Waals surface area contributed by atoms with E-state index in [1.165, 1.54) is 30.2 Å². The summed E-state index contributed by atoms with van der Waals surface area (Å²) in [6.45, 7) is 2.32. The maximum Gasteiger partial charge on any atom is 0.127 e. The smallest absolute Gasteiger partial charge is 0.127 e. The summed E-state index contributed by atoms with van der Waals surface area (Å²) in [4.78, 5) is 6.68. The second-order valence-corrected chi connectivity index (χ2v) is 4.83. The van der Waals surface area contributed by atoms with Crippen molar-refractivity contribution in [1.29, 1.82) is 0 Å². The molecule has 0 atom stereocenters. The first-order valence-corrected chi connectivity index (χ1v) is 6.52. The van der Waals surface area contributed by atoms with Crippen molar-refractivity contribution in [1.82, 2.24) is 4.98 Å². The number of pyridine rings is 1. The highest BCUT2D eigenvalue weighted by atomic mass is 32.2. The number of anilines is 2. The van der Waals surface area contributed by atoms with E-state index in [0.717, 1.165) is 12.4 Å². The standard InChI is InChI=1S/C11H17N3S/c1-12-11-9-10(3-4-13-11)14-5-2-7-15-8-6-14/h3-4,9H,2,5-8H2,1H3,(H,12,13). The Balaban J connectivity index is 2.12. The molecule has 2 heterocycles. The van der Waals surface area contributed by atoms with E-state index >= 15 is 0 Å². The lowest BCUT2D eigenvalue weighted by atomic mass is 10.3. The van der Waals surface area contributed by atoms with Crippen molar-refractivity contribution in [3.8, 4) is 0 Å². The van der Waals surface area contributed by atoms with Gasteiger partial charge < -0.3 is 10.2 Å². The number of hydrogen-bond donors (Lipinski definition) is 1. The number of thioether (sulfide) groups is 1. The van der Waals surface area contributed by atoms with Crippen LogP contribution in [0.3, 0.4) is 0 Å². The molecule has 0 spiro atoms. The predicted molar refractivity (Wildman–Crippen MR) is 67.9 cm³/mol. The summed E-state index contributed by atoms with van der Waals surface area (Å²) in [5.41, 5.74) is 1.29. The lowest BCUT2D eigenvalue weighted by Gasteiger charge is -2.22. The maximum absolute atomic E-state index is 4.23. The number of aromatic nitrogens is 1. The first-order chi connectivity index (χ1) is 7.40. The Kier molecular flexibility index (Phi) is 3.72. The summed E-state index contributed by atoms with van der Waals surface area (Å²) in [7, 11) is 1.91. The van der Waals surface area contributed by atoms with E-state index in [2.05, 4.69) is 39.1 Å². The van der Waals surface area contributed by atoms with Gasteiger partial charge in [-0.25, -0.2) is 4.98 Å². The van der Waals surface area contributed by atoms with Gasteiger partial charge in [-0.2, -0.15) is 11.8 Å². The van der Waals surface area contributed by atoms with Crippen LogP contribution in [0.1, 0.15) is 6.42 Å². The van der Waals surface area contributed by atoms with Gasteiger partial charge in [-0.15, -0.1) is 0 Å². The molecule has 4 heteroatoms. The Morgan fingerprint density at radius 1 is 1.40 bits per heavy atom. The number of nitrogens with zero attached hydrogens (tertiary/aromatic N) is 2. The first-order valence-electron chi connectivity index (χ1n) is 5.36. The number of rotatable bonds is 2. The molecule has 15 heavy (non-hydrogen) atoms. The van der Waals surface area contributed by atoms with Crippen LogP contribution in [0.4, 0.5) is 11.5 Å². The molecular weight excluding hydrogens is 206 g/mol. The molecule has 82 valence electrons. The Hall–Kier alpha value is -0.900. The van der Waals surface area contributed by atoms with Crippen molar-refractivity contribution < 1.29 is 0 Å². The first kappa shape index (κ1) is 10.6. The molecule has 0 saturated carbocycles. The average molecular weight is 223 g/mol. The Morgan fingerprint density at radius 2 is 2.33 bits per heavy atom. The van der Waals surface area contributed by atoms with E-state index in [4.69, 9.17) is 0 Å². The second kappa shape index (κ2) is 5.26. The number of hydrogen-bond acceptors (Lipinski definition) is 4. The largest absolute Gasteiger partial charge is 0.373 e. The van der Waals surface area contributed by atoms with Gasteiger partial charge in [-0.3, -0.25) is 0 Å². The van der Waals surface area contributed by atoms with Gasteiger partial charge in [0.15, 0.2) is 0 Å². The minimum Gasteiger partial charge on any atom is -0.373 e. The topological polar surface area (TPSA) is 28.2 Å². The molecule has 1 aliphatic heterocycles. The molecule has 2 rings (SSSR count). The highest BCUT2D eigenvalue weighted by Crippen LogP contribution is 2.20.